The largest absolute Gasteiger partial charge is 0.466 e. The van der Waals surface area contributed by atoms with E-state index in [0.717, 1.165) is 30.1 Å². The second kappa shape index (κ2) is 7.84. The minimum atomic E-state index is -0.0143. The first kappa shape index (κ1) is 21.7. The van der Waals surface area contributed by atoms with Crippen LogP contribution in [0.15, 0.2) is 0 Å². The van der Waals surface area contributed by atoms with Crippen LogP contribution in [-0.4, -0.2) is 18.1 Å². The Kier molecular flexibility index (Phi) is 5.86. The number of esters is 1. The second-order valence-electron chi connectivity index (χ2n) is 11.7. The summed E-state index contributed by atoms with van der Waals surface area (Å²) in [5.41, 5.74) is 8.03. The number of carbonyl (C=O) groups excluding carboxylic acids is 1. The van der Waals surface area contributed by atoms with Crippen molar-refractivity contribution in [1.82, 2.24) is 0 Å². The Morgan fingerprint density at radius 2 is 1.79 bits per heavy atom. The van der Waals surface area contributed by atoms with Crippen LogP contribution in [0.3, 0.4) is 0 Å². The maximum Gasteiger partial charge on any atom is 0.305 e. The Labute approximate surface area is 178 Å². The van der Waals surface area contributed by atoms with Crippen LogP contribution in [0.1, 0.15) is 105 Å². The third-order valence-electron chi connectivity index (χ3n) is 10.8. The maximum atomic E-state index is 11.9. The molecule has 7 unspecified atom stereocenters. The Morgan fingerprint density at radius 3 is 2.55 bits per heavy atom. The van der Waals surface area contributed by atoms with Crippen LogP contribution < -0.4 is 5.73 Å². The predicted octanol–water partition coefficient (Wildman–Crippen LogP) is 6.10. The first-order valence-electron chi connectivity index (χ1n) is 12.7. The molecule has 4 aliphatic rings. The highest BCUT2D eigenvalue weighted by atomic mass is 16.5. The third kappa shape index (κ3) is 3.38. The first-order chi connectivity index (χ1) is 13.7. The molecule has 0 radical (unpaired) electrons. The minimum Gasteiger partial charge on any atom is -0.466 e. The van der Waals surface area contributed by atoms with E-state index >= 15 is 0 Å². The summed E-state index contributed by atoms with van der Waals surface area (Å²) in [5.74, 6) is 3.98. The van der Waals surface area contributed by atoms with Gasteiger partial charge < -0.3 is 10.5 Å². The monoisotopic (exact) mass is 403 g/mol. The van der Waals surface area contributed by atoms with E-state index in [1.807, 2.05) is 6.92 Å². The number of rotatable bonds is 5. The molecule has 4 rings (SSSR count). The zero-order valence-corrected chi connectivity index (χ0v) is 19.5. The Hall–Kier alpha value is -0.570. The van der Waals surface area contributed by atoms with Gasteiger partial charge >= 0.3 is 5.97 Å². The van der Waals surface area contributed by atoms with E-state index in [0.29, 0.717) is 29.8 Å². The molecular formula is C26H45NO2. The molecule has 8 atom stereocenters. The fourth-order valence-corrected chi connectivity index (χ4v) is 9.09. The summed E-state index contributed by atoms with van der Waals surface area (Å²) in [6, 6.07) is 0. The molecule has 29 heavy (non-hydrogen) atoms. The van der Waals surface area contributed by atoms with Gasteiger partial charge in [0.1, 0.15) is 0 Å². The number of fused-ring (bicyclic) bond motifs is 5. The molecule has 0 aromatic carbocycles. The van der Waals surface area contributed by atoms with E-state index in [2.05, 4.69) is 20.8 Å². The minimum absolute atomic E-state index is 0.0143. The molecular weight excluding hydrogens is 358 g/mol. The molecule has 0 spiro atoms. The molecule has 0 aromatic heterocycles. The number of ether oxygens (including phenoxy) is 1. The topological polar surface area (TPSA) is 52.3 Å². The van der Waals surface area contributed by atoms with Crippen LogP contribution in [0.25, 0.3) is 0 Å². The first-order valence-corrected chi connectivity index (χ1v) is 12.7. The molecule has 0 amide bonds. The Morgan fingerprint density at radius 1 is 1.03 bits per heavy atom. The van der Waals surface area contributed by atoms with Gasteiger partial charge in [-0.05, 0) is 105 Å². The van der Waals surface area contributed by atoms with Gasteiger partial charge in [-0.25, -0.2) is 0 Å². The molecule has 3 nitrogen and oxygen atoms in total. The predicted molar refractivity (Wildman–Crippen MR) is 118 cm³/mol. The summed E-state index contributed by atoms with van der Waals surface area (Å²) in [6.07, 6.45) is 15.0. The van der Waals surface area contributed by atoms with Crippen LogP contribution in [0, 0.1) is 40.4 Å². The van der Waals surface area contributed by atoms with Crippen LogP contribution in [0.5, 0.6) is 0 Å². The Bertz CT molecular complexity index is 620. The van der Waals surface area contributed by atoms with Crippen molar-refractivity contribution < 1.29 is 9.53 Å². The summed E-state index contributed by atoms with van der Waals surface area (Å²) in [4.78, 5) is 11.9. The lowest BCUT2D eigenvalue weighted by molar-refractivity contribution is -0.144. The summed E-state index contributed by atoms with van der Waals surface area (Å²) in [6.45, 7) is 9.98. The van der Waals surface area contributed by atoms with Crippen molar-refractivity contribution in [2.24, 2.45) is 46.2 Å². The van der Waals surface area contributed by atoms with Gasteiger partial charge in [0.05, 0.1) is 6.61 Å². The standard InChI is InChI=1S/C26H45NO2/c1-5-29-23(28)11-8-18(2)20-9-10-21-19-12-17-26(27)15-7-6-14-25(26,4)22(19)13-16-24(20,21)3/h18-22H,5-17,27H2,1-4H3/t18-,19?,20?,21?,22?,24?,25?,26?/m1/s1. The van der Waals surface area contributed by atoms with Crippen LogP contribution in [0.4, 0.5) is 0 Å². The van der Waals surface area contributed by atoms with Crippen LogP contribution >= 0.6 is 0 Å². The molecule has 166 valence electrons. The Balaban J connectivity index is 1.48. The van der Waals surface area contributed by atoms with Gasteiger partial charge in [0.15, 0.2) is 0 Å². The summed E-state index contributed by atoms with van der Waals surface area (Å²) < 4.78 is 5.18. The van der Waals surface area contributed by atoms with Gasteiger partial charge in [-0.3, -0.25) is 4.79 Å². The number of nitrogens with two attached hydrogens (primary N) is 1. The quantitative estimate of drug-likeness (QED) is 0.565. The molecule has 0 saturated heterocycles. The lowest BCUT2D eigenvalue weighted by atomic mass is 9.42. The van der Waals surface area contributed by atoms with Crippen molar-refractivity contribution in [2.45, 2.75) is 110 Å². The fraction of sp³-hybridized carbons (Fsp3) is 0.962. The van der Waals surface area contributed by atoms with Crippen molar-refractivity contribution in [1.29, 1.82) is 0 Å². The van der Waals surface area contributed by atoms with Crippen molar-refractivity contribution in [3.63, 3.8) is 0 Å². The molecule has 0 bridgehead atoms. The van der Waals surface area contributed by atoms with Crippen LogP contribution in [-0.2, 0) is 9.53 Å². The van der Waals surface area contributed by atoms with Gasteiger partial charge in [0, 0.05) is 12.0 Å². The highest BCUT2D eigenvalue weighted by molar-refractivity contribution is 5.69. The molecule has 4 fully saturated rings. The summed E-state index contributed by atoms with van der Waals surface area (Å²) in [5, 5.41) is 0. The SMILES string of the molecule is CCOC(=O)CC[C@@H](C)C1CCC2C3CCC4(N)CCCCC4(C)C3CCC21C. The molecule has 0 aromatic rings. The molecule has 0 aliphatic heterocycles. The second-order valence-corrected chi connectivity index (χ2v) is 11.7. The number of hydrogen-bond acceptors (Lipinski definition) is 3. The van der Waals surface area contributed by atoms with Crippen molar-refractivity contribution in [2.75, 3.05) is 6.61 Å². The highest BCUT2D eigenvalue weighted by Gasteiger charge is 2.63. The average molecular weight is 404 g/mol. The van der Waals surface area contributed by atoms with Crippen LogP contribution in [0.2, 0.25) is 0 Å². The van der Waals surface area contributed by atoms with E-state index in [4.69, 9.17) is 10.5 Å². The average Bonchev–Trinajstić information content (AvgIpc) is 3.04. The van der Waals surface area contributed by atoms with E-state index in [1.54, 1.807) is 0 Å². The van der Waals surface area contributed by atoms with Crippen molar-refractivity contribution in [3.05, 3.63) is 0 Å². The van der Waals surface area contributed by atoms with Gasteiger partial charge in [-0.2, -0.15) is 0 Å². The maximum absolute atomic E-state index is 11.9. The summed E-state index contributed by atoms with van der Waals surface area (Å²) >= 11 is 0. The molecule has 4 saturated carbocycles. The number of carbonyl (C=O) groups is 1. The van der Waals surface area contributed by atoms with E-state index in [9.17, 15) is 4.79 Å². The van der Waals surface area contributed by atoms with Crippen molar-refractivity contribution in [3.8, 4) is 0 Å². The smallest absolute Gasteiger partial charge is 0.305 e. The zero-order valence-electron chi connectivity index (χ0n) is 19.5. The van der Waals surface area contributed by atoms with Crippen molar-refractivity contribution >= 4 is 5.97 Å². The van der Waals surface area contributed by atoms with Gasteiger partial charge in [-0.15, -0.1) is 0 Å². The normalized spacial score (nSPS) is 47.6. The lowest BCUT2D eigenvalue weighted by Crippen LogP contribution is -2.65. The number of hydrogen-bond donors (Lipinski definition) is 1. The van der Waals surface area contributed by atoms with E-state index in [-0.39, 0.29) is 11.5 Å². The molecule has 3 heteroatoms. The zero-order chi connectivity index (χ0) is 20.9. The third-order valence-corrected chi connectivity index (χ3v) is 10.8. The molecule has 4 aliphatic carbocycles. The van der Waals surface area contributed by atoms with Gasteiger partial charge in [0.25, 0.3) is 0 Å². The molecule has 2 N–H and O–H groups in total. The van der Waals surface area contributed by atoms with Gasteiger partial charge in [0.2, 0.25) is 0 Å². The highest BCUT2D eigenvalue weighted by Crippen LogP contribution is 2.68. The van der Waals surface area contributed by atoms with E-state index in [1.165, 1.54) is 64.2 Å². The fourth-order valence-electron chi connectivity index (χ4n) is 9.09. The molecule has 0 heterocycles. The van der Waals surface area contributed by atoms with Gasteiger partial charge in [-0.1, -0.05) is 33.6 Å². The van der Waals surface area contributed by atoms with E-state index < -0.39 is 0 Å². The summed E-state index contributed by atoms with van der Waals surface area (Å²) in [7, 11) is 0. The lowest BCUT2D eigenvalue weighted by Gasteiger charge is -2.64.